The lowest BCUT2D eigenvalue weighted by Gasteiger charge is -2.23. The predicted molar refractivity (Wildman–Crippen MR) is 80.4 cm³/mol. The van der Waals surface area contributed by atoms with Crippen LogP contribution >= 0.6 is 0 Å². The molecule has 0 spiro atoms. The van der Waals surface area contributed by atoms with Gasteiger partial charge in [-0.2, -0.15) is 0 Å². The molecule has 118 valence electrons. The molecule has 1 saturated heterocycles. The van der Waals surface area contributed by atoms with E-state index in [1.165, 1.54) is 0 Å². The third-order valence-electron chi connectivity index (χ3n) is 3.87. The molecule has 1 aromatic rings. The molecule has 6 heteroatoms. The Hall–Kier alpha value is -2.21. The number of nitrogens with zero attached hydrogens (tertiary/aromatic N) is 1. The first kappa shape index (κ1) is 16.2. The molecule has 1 fully saturated rings. The van der Waals surface area contributed by atoms with Crippen molar-refractivity contribution in [2.24, 2.45) is 0 Å². The zero-order valence-electron chi connectivity index (χ0n) is 12.5. The van der Waals surface area contributed by atoms with Crippen molar-refractivity contribution in [3.8, 4) is 0 Å². The molecule has 6 nitrogen and oxygen atoms in total. The average molecular weight is 304 g/mol. The van der Waals surface area contributed by atoms with Crippen LogP contribution in [-0.2, 0) is 4.79 Å². The Morgan fingerprint density at radius 3 is 2.55 bits per heavy atom. The summed E-state index contributed by atoms with van der Waals surface area (Å²) in [6.07, 6.45) is 1.90. The lowest BCUT2D eigenvalue weighted by molar-refractivity contribution is -0.132. The van der Waals surface area contributed by atoms with Crippen LogP contribution in [0.5, 0.6) is 0 Å². The molecule has 0 unspecified atom stereocenters. The zero-order chi connectivity index (χ0) is 16.2. The Labute approximate surface area is 129 Å². The molecule has 2 N–H and O–H groups in total. The molecule has 1 heterocycles. The van der Waals surface area contributed by atoms with Crippen LogP contribution in [0.3, 0.4) is 0 Å². The molecular weight excluding hydrogens is 284 g/mol. The molecule has 3 amide bonds. The van der Waals surface area contributed by atoms with E-state index in [-0.39, 0.29) is 12.3 Å². The number of unbranched alkanes of at least 4 members (excludes halogenated alkanes) is 1. The van der Waals surface area contributed by atoms with Gasteiger partial charge in [0.15, 0.2) is 5.78 Å². The maximum absolute atomic E-state index is 12.5. The van der Waals surface area contributed by atoms with Crippen molar-refractivity contribution in [2.75, 3.05) is 13.2 Å². The van der Waals surface area contributed by atoms with Gasteiger partial charge in [0.1, 0.15) is 5.54 Å². The van der Waals surface area contributed by atoms with Gasteiger partial charge in [0, 0.05) is 5.56 Å². The SMILES string of the molecule is CCCC[C@@]1(CO)NC(=O)N(CC(=O)c2ccccc2)C1=O. The number of benzene rings is 1. The van der Waals surface area contributed by atoms with E-state index in [9.17, 15) is 19.5 Å². The Balaban J connectivity index is 2.13. The summed E-state index contributed by atoms with van der Waals surface area (Å²) in [6, 6.07) is 7.87. The fraction of sp³-hybridized carbons (Fsp3) is 0.438. The van der Waals surface area contributed by atoms with E-state index < -0.39 is 24.1 Å². The number of aliphatic hydroxyl groups excluding tert-OH is 1. The fourth-order valence-electron chi connectivity index (χ4n) is 2.51. The van der Waals surface area contributed by atoms with Crippen LogP contribution in [0.15, 0.2) is 30.3 Å². The van der Waals surface area contributed by atoms with Crippen LogP contribution < -0.4 is 5.32 Å². The highest BCUT2D eigenvalue weighted by molar-refractivity contribution is 6.11. The summed E-state index contributed by atoms with van der Waals surface area (Å²) in [5, 5.41) is 12.1. The molecular formula is C16H20N2O4. The zero-order valence-corrected chi connectivity index (χ0v) is 12.5. The summed E-state index contributed by atoms with van der Waals surface area (Å²) < 4.78 is 0. The topological polar surface area (TPSA) is 86.7 Å². The minimum Gasteiger partial charge on any atom is -0.393 e. The summed E-state index contributed by atoms with van der Waals surface area (Å²) in [5.74, 6) is -0.842. The molecule has 22 heavy (non-hydrogen) atoms. The Kier molecular flexibility index (Phi) is 4.92. The smallest absolute Gasteiger partial charge is 0.325 e. The predicted octanol–water partition coefficient (Wildman–Crippen LogP) is 1.34. The average Bonchev–Trinajstić information content (AvgIpc) is 2.78. The first-order valence-corrected chi connectivity index (χ1v) is 7.37. The van der Waals surface area contributed by atoms with Gasteiger partial charge in [-0.3, -0.25) is 14.5 Å². The molecule has 1 atom stereocenters. The van der Waals surface area contributed by atoms with Crippen LogP contribution in [0.4, 0.5) is 4.79 Å². The van der Waals surface area contributed by atoms with Gasteiger partial charge in [-0.05, 0) is 6.42 Å². The quantitative estimate of drug-likeness (QED) is 0.588. The third-order valence-corrected chi connectivity index (χ3v) is 3.87. The van der Waals surface area contributed by atoms with Gasteiger partial charge in [-0.25, -0.2) is 4.79 Å². The molecule has 1 aromatic carbocycles. The number of carbonyl (C=O) groups excluding carboxylic acids is 3. The van der Waals surface area contributed by atoms with Crippen molar-refractivity contribution < 1.29 is 19.5 Å². The van der Waals surface area contributed by atoms with Crippen LogP contribution in [0.25, 0.3) is 0 Å². The van der Waals surface area contributed by atoms with E-state index in [1.54, 1.807) is 30.3 Å². The van der Waals surface area contributed by atoms with Gasteiger partial charge < -0.3 is 10.4 Å². The van der Waals surface area contributed by atoms with Gasteiger partial charge in [0.05, 0.1) is 13.2 Å². The van der Waals surface area contributed by atoms with Crippen LogP contribution in [0.1, 0.15) is 36.5 Å². The van der Waals surface area contributed by atoms with E-state index in [0.29, 0.717) is 18.4 Å². The Morgan fingerprint density at radius 2 is 1.95 bits per heavy atom. The fourth-order valence-corrected chi connectivity index (χ4v) is 2.51. The van der Waals surface area contributed by atoms with E-state index in [1.807, 2.05) is 6.92 Å². The number of hydrogen-bond acceptors (Lipinski definition) is 4. The van der Waals surface area contributed by atoms with Gasteiger partial charge >= 0.3 is 6.03 Å². The summed E-state index contributed by atoms with van der Waals surface area (Å²) in [4.78, 5) is 37.6. The van der Waals surface area contributed by atoms with Crippen molar-refractivity contribution >= 4 is 17.7 Å². The number of nitrogens with one attached hydrogen (secondary N) is 1. The number of hydrogen-bond donors (Lipinski definition) is 2. The minimum absolute atomic E-state index is 0.312. The van der Waals surface area contributed by atoms with Crippen molar-refractivity contribution in [3.63, 3.8) is 0 Å². The second-order valence-electron chi connectivity index (χ2n) is 5.45. The standard InChI is InChI=1S/C16H20N2O4/c1-2-3-9-16(11-19)14(21)18(15(22)17-16)10-13(20)12-7-5-4-6-8-12/h4-8,19H,2-3,9-11H2,1H3,(H,17,22)/t16-/m0/s1. The number of ketones is 1. The molecule has 0 bridgehead atoms. The van der Waals surface area contributed by atoms with Crippen molar-refractivity contribution in [2.45, 2.75) is 31.7 Å². The van der Waals surface area contributed by atoms with Crippen LogP contribution in [-0.4, -0.2) is 46.4 Å². The molecule has 1 aliphatic rings. The number of amides is 3. The third kappa shape index (κ3) is 3.01. The highest BCUT2D eigenvalue weighted by Gasteiger charge is 2.50. The monoisotopic (exact) mass is 304 g/mol. The Bertz CT molecular complexity index is 573. The van der Waals surface area contributed by atoms with Crippen molar-refractivity contribution in [1.82, 2.24) is 10.2 Å². The highest BCUT2D eigenvalue weighted by Crippen LogP contribution is 2.24. The second-order valence-corrected chi connectivity index (χ2v) is 5.45. The van der Waals surface area contributed by atoms with Gasteiger partial charge in [-0.1, -0.05) is 50.1 Å². The highest BCUT2D eigenvalue weighted by atomic mass is 16.3. The summed E-state index contributed by atoms with van der Waals surface area (Å²) in [7, 11) is 0. The molecule has 0 saturated carbocycles. The van der Waals surface area contributed by atoms with E-state index in [4.69, 9.17) is 0 Å². The van der Waals surface area contributed by atoms with Crippen molar-refractivity contribution in [3.05, 3.63) is 35.9 Å². The summed E-state index contributed by atoms with van der Waals surface area (Å²) in [5.41, 5.74) is -0.845. The normalized spacial score (nSPS) is 21.1. The number of rotatable bonds is 7. The lowest BCUT2D eigenvalue weighted by Crippen LogP contribution is -2.50. The maximum atomic E-state index is 12.5. The molecule has 0 radical (unpaired) electrons. The Morgan fingerprint density at radius 1 is 1.27 bits per heavy atom. The lowest BCUT2D eigenvalue weighted by atomic mass is 9.93. The van der Waals surface area contributed by atoms with E-state index >= 15 is 0 Å². The summed E-state index contributed by atoms with van der Waals surface area (Å²) >= 11 is 0. The molecule has 2 rings (SSSR count). The first-order chi connectivity index (χ1) is 10.5. The molecule has 0 aromatic heterocycles. The van der Waals surface area contributed by atoms with Crippen molar-refractivity contribution in [1.29, 1.82) is 0 Å². The molecule has 1 aliphatic heterocycles. The number of Topliss-reactive ketones (excluding diaryl/α,β-unsaturated/α-hetero) is 1. The van der Waals surface area contributed by atoms with Crippen LogP contribution in [0, 0.1) is 0 Å². The van der Waals surface area contributed by atoms with Gasteiger partial charge in [0.2, 0.25) is 0 Å². The summed E-state index contributed by atoms with van der Waals surface area (Å²) in [6.45, 7) is 1.18. The van der Waals surface area contributed by atoms with Crippen LogP contribution in [0.2, 0.25) is 0 Å². The first-order valence-electron chi connectivity index (χ1n) is 7.37. The number of carbonyl (C=O) groups is 3. The number of urea groups is 1. The van der Waals surface area contributed by atoms with Gasteiger partial charge in [-0.15, -0.1) is 0 Å². The number of imide groups is 1. The van der Waals surface area contributed by atoms with Gasteiger partial charge in [0.25, 0.3) is 5.91 Å². The molecule has 0 aliphatic carbocycles. The largest absolute Gasteiger partial charge is 0.393 e. The van der Waals surface area contributed by atoms with E-state index in [2.05, 4.69) is 5.32 Å². The second kappa shape index (κ2) is 6.70. The van der Waals surface area contributed by atoms with E-state index in [0.717, 1.165) is 11.3 Å². The minimum atomic E-state index is -1.29. The maximum Gasteiger partial charge on any atom is 0.325 e. The number of aliphatic hydroxyl groups is 1.